The molecule has 1 heterocycles. The summed E-state index contributed by atoms with van der Waals surface area (Å²) in [7, 11) is 0. The Labute approximate surface area is 95.7 Å². The molecule has 1 heteroatoms. The fourth-order valence-electron chi connectivity index (χ4n) is 2.03. The maximum Gasteiger partial charge on any atom is 0.135 e. The molecule has 16 heavy (non-hydrogen) atoms. The molecule has 0 N–H and O–H groups in total. The van der Waals surface area contributed by atoms with Gasteiger partial charge >= 0.3 is 0 Å². The minimum Gasteiger partial charge on any atom is -0.456 e. The molecule has 3 rings (SSSR count). The fourth-order valence-corrected chi connectivity index (χ4v) is 2.03. The van der Waals surface area contributed by atoms with Crippen molar-refractivity contribution in [3.8, 4) is 5.75 Å². The lowest BCUT2D eigenvalue weighted by Crippen LogP contribution is -2.08. The molecule has 0 unspecified atom stereocenters. The van der Waals surface area contributed by atoms with Crippen LogP contribution in [0.4, 0.5) is 0 Å². The zero-order valence-corrected chi connectivity index (χ0v) is 9.50. The van der Waals surface area contributed by atoms with Crippen LogP contribution in [0.5, 0.6) is 5.75 Å². The quantitative estimate of drug-likeness (QED) is 0.633. The number of ether oxygens (including phenoxy) is 1. The number of allylic oxidation sites excluding steroid dienone is 3. The SMILES string of the molecule is CC1=CC2=[C]c3cc(C)ccc3OC2=CC1. The molecule has 0 bridgehead atoms. The first-order chi connectivity index (χ1) is 7.72. The first-order valence-electron chi connectivity index (χ1n) is 5.52. The van der Waals surface area contributed by atoms with Crippen LogP contribution < -0.4 is 4.74 Å². The summed E-state index contributed by atoms with van der Waals surface area (Å²) in [5.74, 6) is 1.86. The van der Waals surface area contributed by atoms with E-state index in [2.05, 4.69) is 44.2 Å². The molecule has 79 valence electrons. The summed E-state index contributed by atoms with van der Waals surface area (Å²) in [6.45, 7) is 4.22. The summed E-state index contributed by atoms with van der Waals surface area (Å²) < 4.78 is 5.86. The molecule has 1 nitrogen and oxygen atoms in total. The van der Waals surface area contributed by atoms with E-state index < -0.39 is 0 Å². The van der Waals surface area contributed by atoms with Crippen molar-refractivity contribution in [1.29, 1.82) is 0 Å². The van der Waals surface area contributed by atoms with Crippen molar-refractivity contribution in [2.45, 2.75) is 20.3 Å². The van der Waals surface area contributed by atoms with Crippen LogP contribution >= 0.6 is 0 Å². The molecule has 2 aliphatic rings. The van der Waals surface area contributed by atoms with Gasteiger partial charge in [0.05, 0.1) is 0 Å². The summed E-state index contributed by atoms with van der Waals surface area (Å²) in [5, 5.41) is 0. The Balaban J connectivity index is 2.14. The highest BCUT2D eigenvalue weighted by Crippen LogP contribution is 2.34. The molecule has 1 aliphatic heterocycles. The highest BCUT2D eigenvalue weighted by Gasteiger charge is 2.18. The third kappa shape index (κ3) is 1.49. The van der Waals surface area contributed by atoms with Gasteiger partial charge in [-0.2, -0.15) is 0 Å². The van der Waals surface area contributed by atoms with E-state index in [0.717, 1.165) is 29.1 Å². The van der Waals surface area contributed by atoms with Gasteiger partial charge in [-0.15, -0.1) is 0 Å². The minimum atomic E-state index is 0.911. The van der Waals surface area contributed by atoms with E-state index in [4.69, 9.17) is 4.74 Å². The molecule has 0 amide bonds. The van der Waals surface area contributed by atoms with E-state index >= 15 is 0 Å². The standard InChI is InChI=1S/C15H13O/c1-10-3-5-14-12(7-10)9-13-8-11(2)4-6-15(13)16-14/h3,5-8H,4H2,1-2H3. The lowest BCUT2D eigenvalue weighted by Gasteiger charge is -2.21. The average molecular weight is 209 g/mol. The van der Waals surface area contributed by atoms with Crippen molar-refractivity contribution in [1.82, 2.24) is 0 Å². The van der Waals surface area contributed by atoms with Crippen LogP contribution in [0.15, 0.2) is 47.3 Å². The van der Waals surface area contributed by atoms with Gasteiger partial charge in [-0.3, -0.25) is 0 Å². The van der Waals surface area contributed by atoms with Crippen molar-refractivity contribution in [2.75, 3.05) is 0 Å². The number of fused-ring (bicyclic) bond motifs is 2. The Morgan fingerprint density at radius 3 is 3.00 bits per heavy atom. The molecule has 0 atom stereocenters. The second-order valence-corrected chi connectivity index (χ2v) is 4.40. The summed E-state index contributed by atoms with van der Waals surface area (Å²) in [6.07, 6.45) is 8.67. The van der Waals surface area contributed by atoms with Gasteiger partial charge < -0.3 is 4.74 Å². The van der Waals surface area contributed by atoms with Gasteiger partial charge in [0.25, 0.3) is 0 Å². The Morgan fingerprint density at radius 1 is 1.25 bits per heavy atom. The van der Waals surface area contributed by atoms with E-state index in [1.807, 2.05) is 6.07 Å². The predicted octanol–water partition coefficient (Wildman–Crippen LogP) is 3.70. The minimum absolute atomic E-state index is 0.911. The van der Waals surface area contributed by atoms with Crippen LogP contribution in [0, 0.1) is 13.0 Å². The summed E-state index contributed by atoms with van der Waals surface area (Å²) >= 11 is 0. The smallest absolute Gasteiger partial charge is 0.135 e. The Bertz CT molecular complexity index is 545. The summed E-state index contributed by atoms with van der Waals surface area (Å²) in [5.41, 5.74) is 4.71. The molecule has 1 aliphatic carbocycles. The normalized spacial score (nSPS) is 17.5. The van der Waals surface area contributed by atoms with Crippen LogP contribution in [0.2, 0.25) is 0 Å². The van der Waals surface area contributed by atoms with Crippen LogP contribution in [-0.2, 0) is 0 Å². The molecule has 0 saturated carbocycles. The zero-order valence-electron chi connectivity index (χ0n) is 9.50. The van der Waals surface area contributed by atoms with Crippen molar-refractivity contribution >= 4 is 0 Å². The first kappa shape index (κ1) is 9.46. The van der Waals surface area contributed by atoms with Gasteiger partial charge in [-0.1, -0.05) is 23.3 Å². The van der Waals surface area contributed by atoms with Crippen LogP contribution in [-0.4, -0.2) is 0 Å². The zero-order chi connectivity index (χ0) is 11.1. The number of hydrogen-bond acceptors (Lipinski definition) is 1. The Kier molecular flexibility index (Phi) is 2.00. The fraction of sp³-hybridized carbons (Fsp3) is 0.200. The number of aryl methyl sites for hydroxylation is 1. The monoisotopic (exact) mass is 209 g/mol. The van der Waals surface area contributed by atoms with E-state index in [-0.39, 0.29) is 0 Å². The van der Waals surface area contributed by atoms with Crippen LogP contribution in [0.3, 0.4) is 0 Å². The average Bonchev–Trinajstić information content (AvgIpc) is 2.26. The lowest BCUT2D eigenvalue weighted by molar-refractivity contribution is 0.425. The molecule has 0 saturated heterocycles. The molecule has 0 aromatic heterocycles. The highest BCUT2D eigenvalue weighted by atomic mass is 16.5. The molecule has 0 spiro atoms. The molecule has 0 fully saturated rings. The van der Waals surface area contributed by atoms with Gasteiger partial charge in [-0.25, -0.2) is 0 Å². The number of hydrogen-bond donors (Lipinski definition) is 0. The van der Waals surface area contributed by atoms with Crippen LogP contribution in [0.1, 0.15) is 24.5 Å². The maximum absolute atomic E-state index is 5.86. The largest absolute Gasteiger partial charge is 0.456 e. The topological polar surface area (TPSA) is 9.23 Å². The van der Waals surface area contributed by atoms with Gasteiger partial charge in [-0.05, 0) is 38.5 Å². The van der Waals surface area contributed by atoms with Gasteiger partial charge in [0.2, 0.25) is 0 Å². The van der Waals surface area contributed by atoms with E-state index in [1.165, 1.54) is 11.1 Å². The van der Waals surface area contributed by atoms with E-state index in [0.29, 0.717) is 0 Å². The van der Waals surface area contributed by atoms with Gasteiger partial charge in [0.15, 0.2) is 0 Å². The lowest BCUT2D eigenvalue weighted by atomic mass is 9.96. The summed E-state index contributed by atoms with van der Waals surface area (Å²) in [6, 6.07) is 6.19. The number of benzene rings is 1. The van der Waals surface area contributed by atoms with Gasteiger partial charge in [0.1, 0.15) is 11.5 Å². The van der Waals surface area contributed by atoms with Crippen LogP contribution in [0.25, 0.3) is 0 Å². The predicted molar refractivity (Wildman–Crippen MR) is 64.1 cm³/mol. The van der Waals surface area contributed by atoms with Crippen molar-refractivity contribution in [3.05, 3.63) is 64.5 Å². The molecule has 1 radical (unpaired) electrons. The Hall–Kier alpha value is -1.76. The summed E-state index contributed by atoms with van der Waals surface area (Å²) in [4.78, 5) is 0. The van der Waals surface area contributed by atoms with Crippen molar-refractivity contribution in [2.24, 2.45) is 0 Å². The molecule has 1 aromatic carbocycles. The van der Waals surface area contributed by atoms with E-state index in [1.54, 1.807) is 0 Å². The van der Waals surface area contributed by atoms with E-state index in [9.17, 15) is 0 Å². The van der Waals surface area contributed by atoms with Crippen molar-refractivity contribution in [3.63, 3.8) is 0 Å². The third-order valence-corrected chi connectivity index (χ3v) is 2.89. The first-order valence-corrected chi connectivity index (χ1v) is 5.52. The molecular formula is C15H13O. The molecular weight excluding hydrogens is 196 g/mol. The second kappa shape index (κ2) is 3.38. The van der Waals surface area contributed by atoms with Crippen molar-refractivity contribution < 1.29 is 4.74 Å². The third-order valence-electron chi connectivity index (χ3n) is 2.89. The number of rotatable bonds is 0. The maximum atomic E-state index is 5.86. The highest BCUT2D eigenvalue weighted by molar-refractivity contribution is 5.54. The second-order valence-electron chi connectivity index (χ2n) is 4.40. The molecule has 1 aromatic rings. The Morgan fingerprint density at radius 2 is 2.12 bits per heavy atom. The van der Waals surface area contributed by atoms with Gasteiger partial charge in [0, 0.05) is 17.2 Å².